The van der Waals surface area contributed by atoms with Crippen LogP contribution in [0.15, 0.2) is 47.1 Å². The summed E-state index contributed by atoms with van der Waals surface area (Å²) in [6.07, 6.45) is 3.89. The second kappa shape index (κ2) is 10.5. The summed E-state index contributed by atoms with van der Waals surface area (Å²) in [4.78, 5) is 24.4. The molecule has 2 aromatic heterocycles. The first-order chi connectivity index (χ1) is 14.5. The minimum Gasteiger partial charge on any atom is -0.497 e. The second-order valence-corrected chi connectivity index (χ2v) is 7.85. The fourth-order valence-corrected chi connectivity index (χ4v) is 3.61. The predicted molar refractivity (Wildman–Crippen MR) is 114 cm³/mol. The Morgan fingerprint density at radius 3 is 2.70 bits per heavy atom. The summed E-state index contributed by atoms with van der Waals surface area (Å²) in [6, 6.07) is 10.8. The number of benzene rings is 1. The van der Waals surface area contributed by atoms with Crippen molar-refractivity contribution in [1.29, 1.82) is 0 Å². The SMILES string of the molecule is COc1ccc(NC(=O)c2nnc(CCCC(=O)N[C@H](C)Cc3ccco3)s2)cc1. The molecule has 9 heteroatoms. The molecule has 0 bridgehead atoms. The molecule has 2 heterocycles. The number of rotatable bonds is 10. The molecule has 0 aliphatic heterocycles. The van der Waals surface area contributed by atoms with Crippen LogP contribution in [0, 0.1) is 0 Å². The Morgan fingerprint density at radius 1 is 1.20 bits per heavy atom. The maximum absolute atomic E-state index is 12.3. The van der Waals surface area contributed by atoms with Gasteiger partial charge in [-0.25, -0.2) is 0 Å². The molecule has 0 unspecified atom stereocenters. The van der Waals surface area contributed by atoms with Gasteiger partial charge in [-0.3, -0.25) is 9.59 Å². The van der Waals surface area contributed by atoms with Gasteiger partial charge in [-0.05, 0) is 49.7 Å². The number of aryl methyl sites for hydroxylation is 1. The fourth-order valence-electron chi connectivity index (χ4n) is 2.83. The number of aromatic nitrogens is 2. The van der Waals surface area contributed by atoms with Crippen LogP contribution in [0.2, 0.25) is 0 Å². The van der Waals surface area contributed by atoms with Crippen LogP contribution in [-0.4, -0.2) is 35.2 Å². The van der Waals surface area contributed by atoms with Gasteiger partial charge in [0.1, 0.15) is 16.5 Å². The lowest BCUT2D eigenvalue weighted by molar-refractivity contribution is -0.121. The molecule has 8 nitrogen and oxygen atoms in total. The number of furan rings is 1. The number of ether oxygens (including phenoxy) is 1. The highest BCUT2D eigenvalue weighted by molar-refractivity contribution is 7.13. The van der Waals surface area contributed by atoms with E-state index in [1.165, 1.54) is 11.3 Å². The van der Waals surface area contributed by atoms with Crippen molar-refractivity contribution in [3.63, 3.8) is 0 Å². The van der Waals surface area contributed by atoms with E-state index in [-0.39, 0.29) is 22.9 Å². The fraction of sp³-hybridized carbons (Fsp3) is 0.333. The summed E-state index contributed by atoms with van der Waals surface area (Å²) in [6.45, 7) is 1.94. The van der Waals surface area contributed by atoms with Gasteiger partial charge in [-0.2, -0.15) is 0 Å². The highest BCUT2D eigenvalue weighted by Gasteiger charge is 2.14. The summed E-state index contributed by atoms with van der Waals surface area (Å²) in [5.41, 5.74) is 0.651. The van der Waals surface area contributed by atoms with Gasteiger partial charge in [0.05, 0.1) is 13.4 Å². The molecular weight excluding hydrogens is 404 g/mol. The Morgan fingerprint density at radius 2 is 2.00 bits per heavy atom. The Kier molecular flexibility index (Phi) is 7.56. The van der Waals surface area contributed by atoms with Crippen molar-refractivity contribution in [3.8, 4) is 5.75 Å². The highest BCUT2D eigenvalue weighted by Crippen LogP contribution is 2.18. The highest BCUT2D eigenvalue weighted by atomic mass is 32.1. The minimum atomic E-state index is -0.312. The molecule has 0 spiro atoms. The maximum atomic E-state index is 12.3. The van der Waals surface area contributed by atoms with Gasteiger partial charge in [-0.1, -0.05) is 11.3 Å². The number of nitrogens with one attached hydrogen (secondary N) is 2. The van der Waals surface area contributed by atoms with Gasteiger partial charge in [0.25, 0.3) is 5.91 Å². The van der Waals surface area contributed by atoms with Crippen molar-refractivity contribution in [2.45, 2.75) is 38.6 Å². The molecule has 30 heavy (non-hydrogen) atoms. The summed E-state index contributed by atoms with van der Waals surface area (Å²) in [5, 5.41) is 14.8. The van der Waals surface area contributed by atoms with E-state index in [0.29, 0.717) is 37.1 Å². The molecule has 1 aromatic carbocycles. The average molecular weight is 429 g/mol. The van der Waals surface area contributed by atoms with Crippen molar-refractivity contribution in [3.05, 3.63) is 58.4 Å². The molecule has 0 saturated carbocycles. The number of hydrogen-bond acceptors (Lipinski definition) is 7. The third-order valence-electron chi connectivity index (χ3n) is 4.30. The number of hydrogen-bond donors (Lipinski definition) is 2. The van der Waals surface area contributed by atoms with E-state index >= 15 is 0 Å². The lowest BCUT2D eigenvalue weighted by Gasteiger charge is -2.12. The predicted octanol–water partition coefficient (Wildman–Crippen LogP) is 3.46. The van der Waals surface area contributed by atoms with E-state index in [4.69, 9.17) is 9.15 Å². The number of carbonyl (C=O) groups is 2. The Labute approximate surface area is 178 Å². The van der Waals surface area contributed by atoms with Crippen LogP contribution in [0.25, 0.3) is 0 Å². The molecule has 2 amide bonds. The van der Waals surface area contributed by atoms with Crippen molar-refractivity contribution < 1.29 is 18.7 Å². The second-order valence-electron chi connectivity index (χ2n) is 6.79. The minimum absolute atomic E-state index is 0.00145. The van der Waals surface area contributed by atoms with Gasteiger partial charge >= 0.3 is 0 Å². The van der Waals surface area contributed by atoms with E-state index in [2.05, 4.69) is 20.8 Å². The first-order valence-electron chi connectivity index (χ1n) is 9.63. The van der Waals surface area contributed by atoms with Gasteiger partial charge in [0, 0.05) is 31.0 Å². The molecule has 0 saturated heterocycles. The van der Waals surface area contributed by atoms with Crippen LogP contribution in [0.5, 0.6) is 5.75 Å². The molecular formula is C21H24N4O4S. The zero-order valence-electron chi connectivity index (χ0n) is 16.9. The van der Waals surface area contributed by atoms with Crippen molar-refractivity contribution >= 4 is 28.8 Å². The Bertz CT molecular complexity index is 954. The Hall–Kier alpha value is -3.20. The van der Waals surface area contributed by atoms with Crippen LogP contribution in [-0.2, 0) is 17.6 Å². The van der Waals surface area contributed by atoms with E-state index in [1.54, 1.807) is 37.6 Å². The van der Waals surface area contributed by atoms with E-state index < -0.39 is 0 Å². The van der Waals surface area contributed by atoms with Crippen molar-refractivity contribution in [2.24, 2.45) is 0 Å². The standard InChI is InChI=1S/C21H24N4O4S/c1-14(13-17-5-4-12-29-17)22-18(26)6-3-7-19-24-25-21(30-19)20(27)23-15-8-10-16(28-2)11-9-15/h4-5,8-12,14H,3,6-7,13H2,1-2H3,(H,22,26)(H,23,27)/t14-/m1/s1. The number of methoxy groups -OCH3 is 1. The third kappa shape index (κ3) is 6.41. The number of nitrogens with zero attached hydrogens (tertiary/aromatic N) is 2. The van der Waals surface area contributed by atoms with Crippen LogP contribution in [0.4, 0.5) is 5.69 Å². The summed E-state index contributed by atoms with van der Waals surface area (Å²) in [5.74, 6) is 1.23. The lowest BCUT2D eigenvalue weighted by Crippen LogP contribution is -2.33. The maximum Gasteiger partial charge on any atom is 0.286 e. The first kappa shape index (κ1) is 21.5. The van der Waals surface area contributed by atoms with E-state index in [1.807, 2.05) is 19.1 Å². The van der Waals surface area contributed by atoms with E-state index in [0.717, 1.165) is 10.8 Å². The van der Waals surface area contributed by atoms with Crippen LogP contribution in [0.1, 0.15) is 40.3 Å². The normalized spacial score (nSPS) is 11.7. The Balaban J connectivity index is 1.40. The lowest BCUT2D eigenvalue weighted by atomic mass is 10.1. The number of anilines is 1. The topological polar surface area (TPSA) is 106 Å². The largest absolute Gasteiger partial charge is 0.497 e. The van der Waals surface area contributed by atoms with Gasteiger partial charge in [-0.15, -0.1) is 10.2 Å². The van der Waals surface area contributed by atoms with Crippen LogP contribution in [0.3, 0.4) is 0 Å². The van der Waals surface area contributed by atoms with Crippen molar-refractivity contribution in [1.82, 2.24) is 15.5 Å². The number of carbonyl (C=O) groups excluding carboxylic acids is 2. The third-order valence-corrected chi connectivity index (χ3v) is 5.28. The van der Waals surface area contributed by atoms with Crippen LogP contribution < -0.4 is 15.4 Å². The smallest absolute Gasteiger partial charge is 0.286 e. The van der Waals surface area contributed by atoms with E-state index in [9.17, 15) is 9.59 Å². The van der Waals surface area contributed by atoms with Crippen LogP contribution >= 0.6 is 11.3 Å². The molecule has 0 radical (unpaired) electrons. The summed E-state index contributed by atoms with van der Waals surface area (Å²) < 4.78 is 10.4. The molecule has 158 valence electrons. The average Bonchev–Trinajstić information content (AvgIpc) is 3.40. The summed E-state index contributed by atoms with van der Waals surface area (Å²) in [7, 11) is 1.58. The van der Waals surface area contributed by atoms with Gasteiger partial charge in [0.2, 0.25) is 10.9 Å². The van der Waals surface area contributed by atoms with Gasteiger partial charge in [0.15, 0.2) is 0 Å². The molecule has 2 N–H and O–H groups in total. The molecule has 1 atom stereocenters. The number of amides is 2. The molecule has 0 aliphatic rings. The monoisotopic (exact) mass is 428 g/mol. The molecule has 0 aliphatic carbocycles. The zero-order chi connectivity index (χ0) is 21.3. The first-order valence-corrected chi connectivity index (χ1v) is 10.4. The molecule has 3 rings (SSSR count). The molecule has 0 fully saturated rings. The van der Waals surface area contributed by atoms with Gasteiger partial charge < -0.3 is 19.8 Å². The zero-order valence-corrected chi connectivity index (χ0v) is 17.7. The molecule has 3 aromatic rings. The van der Waals surface area contributed by atoms with Crippen molar-refractivity contribution in [2.75, 3.05) is 12.4 Å². The summed E-state index contributed by atoms with van der Waals surface area (Å²) >= 11 is 1.23. The quantitative estimate of drug-likeness (QED) is 0.512.